The molecule has 0 aliphatic carbocycles. The first kappa shape index (κ1) is 18.3. The van der Waals surface area contributed by atoms with Gasteiger partial charge in [-0.15, -0.1) is 0 Å². The van der Waals surface area contributed by atoms with Crippen molar-refractivity contribution in [3.63, 3.8) is 0 Å². The molecule has 2 aromatic heterocycles. The first-order valence-corrected chi connectivity index (χ1v) is 8.38. The molecule has 24 heavy (non-hydrogen) atoms. The lowest BCUT2D eigenvalue weighted by molar-refractivity contribution is 0.232. The van der Waals surface area contributed by atoms with Gasteiger partial charge in [-0.1, -0.05) is 13.8 Å². The zero-order valence-electron chi connectivity index (χ0n) is 15.0. The third-order valence-corrected chi connectivity index (χ3v) is 3.90. The predicted octanol–water partition coefficient (Wildman–Crippen LogP) is 4.20. The highest BCUT2D eigenvalue weighted by Crippen LogP contribution is 2.20. The van der Waals surface area contributed by atoms with Crippen LogP contribution in [0.2, 0.25) is 0 Å². The minimum atomic E-state index is -0.296. The number of rotatable bonds is 7. The van der Waals surface area contributed by atoms with E-state index >= 15 is 0 Å². The lowest BCUT2D eigenvalue weighted by Gasteiger charge is -2.17. The molecule has 0 bridgehead atoms. The maximum atomic E-state index is 14.0. The van der Waals surface area contributed by atoms with Crippen molar-refractivity contribution in [1.29, 1.82) is 0 Å². The quantitative estimate of drug-likeness (QED) is 0.826. The van der Waals surface area contributed by atoms with Gasteiger partial charge in [-0.05, 0) is 44.9 Å². The van der Waals surface area contributed by atoms with E-state index in [-0.39, 0.29) is 11.9 Å². The molecule has 130 valence electrons. The molecule has 1 atom stereocenters. The molecule has 0 saturated carbocycles. The molecule has 1 N–H and O–H groups in total. The molecule has 0 saturated heterocycles. The Morgan fingerprint density at radius 2 is 1.83 bits per heavy atom. The van der Waals surface area contributed by atoms with Crippen molar-refractivity contribution < 1.29 is 9.13 Å². The molecule has 5 heteroatoms. The highest BCUT2D eigenvalue weighted by molar-refractivity contribution is 5.58. The third kappa shape index (κ3) is 4.99. The van der Waals surface area contributed by atoms with Crippen LogP contribution in [0.4, 0.5) is 4.39 Å². The second-order valence-corrected chi connectivity index (χ2v) is 6.59. The molecule has 0 fully saturated rings. The topological polar surface area (TPSA) is 47.0 Å². The maximum Gasteiger partial charge on any atom is 0.213 e. The molecule has 0 aliphatic rings. The monoisotopic (exact) mass is 331 g/mol. The van der Waals surface area contributed by atoms with Crippen LogP contribution >= 0.6 is 0 Å². The molecule has 2 aromatic rings. The number of pyridine rings is 2. The van der Waals surface area contributed by atoms with Crippen molar-refractivity contribution in [1.82, 2.24) is 15.3 Å². The average molecular weight is 331 g/mol. The van der Waals surface area contributed by atoms with Crippen LogP contribution in [0.1, 0.15) is 40.3 Å². The number of nitrogens with one attached hydrogen (secondary N) is 1. The van der Waals surface area contributed by atoms with Gasteiger partial charge in [-0.2, -0.15) is 0 Å². The van der Waals surface area contributed by atoms with E-state index in [1.807, 2.05) is 19.9 Å². The Kier molecular flexibility index (Phi) is 6.26. The second-order valence-electron chi connectivity index (χ2n) is 6.59. The van der Waals surface area contributed by atoms with Gasteiger partial charge in [0.1, 0.15) is 5.82 Å². The van der Waals surface area contributed by atoms with Crippen LogP contribution in [0.3, 0.4) is 0 Å². The minimum Gasteiger partial charge on any atom is -0.475 e. The van der Waals surface area contributed by atoms with E-state index in [1.54, 1.807) is 18.3 Å². The van der Waals surface area contributed by atoms with Crippen LogP contribution in [-0.4, -0.2) is 22.1 Å². The Hall–Kier alpha value is -2.01. The summed E-state index contributed by atoms with van der Waals surface area (Å²) in [5.74, 6) is 0.757. The lowest BCUT2D eigenvalue weighted by atomic mass is 10.1. The Morgan fingerprint density at radius 3 is 2.42 bits per heavy atom. The fourth-order valence-corrected chi connectivity index (χ4v) is 2.11. The summed E-state index contributed by atoms with van der Waals surface area (Å²) in [7, 11) is 0. The molecule has 0 aliphatic heterocycles. The summed E-state index contributed by atoms with van der Waals surface area (Å²) >= 11 is 0. The van der Waals surface area contributed by atoms with Gasteiger partial charge < -0.3 is 10.1 Å². The normalized spacial score (nSPS) is 12.7. The van der Waals surface area contributed by atoms with Crippen molar-refractivity contribution in [3.8, 4) is 17.1 Å². The molecule has 4 nitrogen and oxygen atoms in total. The predicted molar refractivity (Wildman–Crippen MR) is 94.3 cm³/mol. The Bertz CT molecular complexity index is 656. The molecule has 0 radical (unpaired) electrons. The number of halogens is 1. The van der Waals surface area contributed by atoms with Crippen molar-refractivity contribution in [2.45, 2.75) is 53.3 Å². The van der Waals surface area contributed by atoms with Gasteiger partial charge >= 0.3 is 0 Å². The van der Waals surface area contributed by atoms with E-state index in [1.165, 1.54) is 6.07 Å². The largest absolute Gasteiger partial charge is 0.475 e. The summed E-state index contributed by atoms with van der Waals surface area (Å²) in [6.45, 7) is 10.7. The number of ether oxygens (including phenoxy) is 1. The van der Waals surface area contributed by atoms with Crippen LogP contribution in [-0.2, 0) is 6.54 Å². The second kappa shape index (κ2) is 8.20. The van der Waals surface area contributed by atoms with Gasteiger partial charge in [0, 0.05) is 30.4 Å². The summed E-state index contributed by atoms with van der Waals surface area (Å²) in [6, 6.07) is 7.12. The lowest BCUT2D eigenvalue weighted by Crippen LogP contribution is -2.30. The molecule has 0 unspecified atom stereocenters. The highest BCUT2D eigenvalue weighted by Gasteiger charge is 2.11. The van der Waals surface area contributed by atoms with E-state index in [0.717, 1.165) is 5.56 Å². The molecule has 2 rings (SSSR count). The van der Waals surface area contributed by atoms with Gasteiger partial charge in [0.2, 0.25) is 5.88 Å². The van der Waals surface area contributed by atoms with E-state index < -0.39 is 0 Å². The number of hydrogen-bond acceptors (Lipinski definition) is 4. The fourth-order valence-electron chi connectivity index (χ4n) is 2.11. The molecule has 0 amide bonds. The van der Waals surface area contributed by atoms with Gasteiger partial charge in [0.05, 0.1) is 17.5 Å². The van der Waals surface area contributed by atoms with Crippen molar-refractivity contribution in [3.05, 3.63) is 42.0 Å². The first-order chi connectivity index (χ1) is 11.4. The SMILES string of the molecule is CC(C)Oc1ccc(-c2ccc(F)c(CN[C@H](C)C(C)C)n2)cn1. The van der Waals surface area contributed by atoms with Crippen LogP contribution in [0.5, 0.6) is 5.88 Å². The van der Waals surface area contributed by atoms with Crippen LogP contribution in [0, 0.1) is 11.7 Å². The Labute approximate surface area is 143 Å². The number of hydrogen-bond donors (Lipinski definition) is 1. The Morgan fingerprint density at radius 1 is 1.08 bits per heavy atom. The maximum absolute atomic E-state index is 14.0. The highest BCUT2D eigenvalue weighted by atomic mass is 19.1. The fraction of sp³-hybridized carbons (Fsp3) is 0.474. The molecular weight excluding hydrogens is 305 g/mol. The minimum absolute atomic E-state index is 0.0768. The van der Waals surface area contributed by atoms with Crippen LogP contribution < -0.4 is 10.1 Å². The summed E-state index contributed by atoms with van der Waals surface area (Å²) in [5.41, 5.74) is 1.96. The van der Waals surface area contributed by atoms with Crippen molar-refractivity contribution in [2.24, 2.45) is 5.92 Å². The summed E-state index contributed by atoms with van der Waals surface area (Å²) < 4.78 is 19.5. The zero-order valence-corrected chi connectivity index (χ0v) is 15.0. The van der Waals surface area contributed by atoms with Crippen molar-refractivity contribution in [2.75, 3.05) is 0 Å². The van der Waals surface area contributed by atoms with Gasteiger partial charge in [-0.25, -0.2) is 14.4 Å². The summed E-state index contributed by atoms with van der Waals surface area (Å²) in [5, 5.41) is 3.31. The standard InChI is InChI=1S/C19H26FN3O/c1-12(2)14(5)21-11-18-16(20)7-8-17(23-18)15-6-9-19(22-10-15)24-13(3)4/h6-10,12-14,21H,11H2,1-5H3/t14-/m1/s1. The van der Waals surface area contributed by atoms with E-state index in [2.05, 4.69) is 36.1 Å². The van der Waals surface area contributed by atoms with Gasteiger partial charge in [0.25, 0.3) is 0 Å². The molecule has 0 spiro atoms. The average Bonchev–Trinajstić information content (AvgIpc) is 2.54. The van der Waals surface area contributed by atoms with E-state index in [9.17, 15) is 4.39 Å². The van der Waals surface area contributed by atoms with E-state index in [0.29, 0.717) is 35.8 Å². The molecule has 2 heterocycles. The number of aromatic nitrogens is 2. The molecular formula is C19H26FN3O. The third-order valence-electron chi connectivity index (χ3n) is 3.90. The molecule has 0 aromatic carbocycles. The summed E-state index contributed by atoms with van der Waals surface area (Å²) in [6.07, 6.45) is 1.78. The van der Waals surface area contributed by atoms with Crippen molar-refractivity contribution >= 4 is 0 Å². The number of nitrogens with zero attached hydrogens (tertiary/aromatic N) is 2. The van der Waals surface area contributed by atoms with Gasteiger partial charge in [0.15, 0.2) is 0 Å². The smallest absolute Gasteiger partial charge is 0.213 e. The zero-order chi connectivity index (χ0) is 17.7. The summed E-state index contributed by atoms with van der Waals surface area (Å²) in [4.78, 5) is 8.72. The first-order valence-electron chi connectivity index (χ1n) is 8.38. The van der Waals surface area contributed by atoms with Crippen LogP contribution in [0.15, 0.2) is 30.5 Å². The van der Waals surface area contributed by atoms with Crippen LogP contribution in [0.25, 0.3) is 11.3 Å². The Balaban J connectivity index is 2.15. The van der Waals surface area contributed by atoms with Gasteiger partial charge in [-0.3, -0.25) is 0 Å². The van der Waals surface area contributed by atoms with E-state index in [4.69, 9.17) is 4.74 Å².